The highest BCUT2D eigenvalue weighted by atomic mass is 31.2. The Labute approximate surface area is 250 Å². The lowest BCUT2D eigenvalue weighted by Gasteiger charge is -2.24. The van der Waals surface area contributed by atoms with E-state index < -0.39 is 83.9 Å². The fourth-order valence-corrected chi connectivity index (χ4v) is 6.55. The van der Waals surface area contributed by atoms with Gasteiger partial charge >= 0.3 is 16.1 Å². The fourth-order valence-electron chi connectivity index (χ4n) is 5.15. The van der Waals surface area contributed by atoms with Crippen LogP contribution in [0.5, 0.6) is 0 Å². The van der Waals surface area contributed by atoms with Crippen LogP contribution in [0.4, 0.5) is 11.6 Å². The van der Waals surface area contributed by atoms with E-state index in [9.17, 15) is 39.0 Å². The van der Waals surface area contributed by atoms with Gasteiger partial charge in [0.2, 0.25) is 5.95 Å². The normalized spacial score (nSPS) is 30.3. The van der Waals surface area contributed by atoms with Gasteiger partial charge in [0.15, 0.2) is 29.7 Å². The number of imidazole rings is 1. The second-order valence-electron chi connectivity index (χ2n) is 9.96. The number of nitrogen functional groups attached to an aromatic ring is 2. The zero-order valence-electron chi connectivity index (χ0n) is 22.6. The number of phosphoric ester groups is 1. The van der Waals surface area contributed by atoms with Gasteiger partial charge in [0.1, 0.15) is 36.0 Å². The number of benzene rings is 1. The van der Waals surface area contributed by atoms with E-state index in [2.05, 4.69) is 25.3 Å². The van der Waals surface area contributed by atoms with Crippen LogP contribution in [0.1, 0.15) is 12.5 Å². The van der Waals surface area contributed by atoms with Crippen LogP contribution in [-0.4, -0.2) is 109 Å². The molecule has 6 rings (SSSR count). The first-order valence-corrected chi connectivity index (χ1v) is 15.6. The highest BCUT2D eigenvalue weighted by Gasteiger charge is 2.53. The van der Waals surface area contributed by atoms with Crippen LogP contribution < -0.4 is 17.0 Å². The van der Waals surface area contributed by atoms with Crippen molar-refractivity contribution in [3.8, 4) is 0 Å². The lowest BCUT2D eigenvalue weighted by Crippen LogP contribution is -2.36. The Morgan fingerprint density at radius 1 is 1.11 bits per heavy atom. The summed E-state index contributed by atoms with van der Waals surface area (Å²) in [6, 6.07) is 4.76. The number of rotatable bonds is 10. The Bertz CT molecular complexity index is 1850. The molecular weight excluding hydrogens is 648 g/mol. The number of fused-ring (bicyclic) bond motifs is 2. The third kappa shape index (κ3) is 5.83. The van der Waals surface area contributed by atoms with Crippen molar-refractivity contribution in [3.63, 3.8) is 0 Å². The van der Waals surface area contributed by atoms with Gasteiger partial charge in [-0.25, -0.2) is 14.2 Å². The molecule has 5 heterocycles. The smallest absolute Gasteiger partial charge is 0.397 e. The molecule has 0 spiro atoms. The van der Waals surface area contributed by atoms with E-state index in [0.29, 0.717) is 5.52 Å². The Balaban J connectivity index is 1.22. The number of anilines is 2. The van der Waals surface area contributed by atoms with Crippen molar-refractivity contribution in [1.29, 1.82) is 0 Å². The maximum Gasteiger partial charge on any atom is 0.695 e. The highest BCUT2D eigenvalue weighted by Crippen LogP contribution is 2.50. The number of H-pyrrole nitrogens is 1. The fraction of sp³-hybridized carbons (Fsp3) is 0.476. The van der Waals surface area contributed by atoms with Crippen molar-refractivity contribution in [2.24, 2.45) is 0 Å². The van der Waals surface area contributed by atoms with Gasteiger partial charge < -0.3 is 41.2 Å². The van der Waals surface area contributed by atoms with E-state index in [4.69, 9.17) is 34.5 Å². The van der Waals surface area contributed by atoms with Gasteiger partial charge in [-0.1, -0.05) is 11.3 Å². The first kappa shape index (κ1) is 31.5. The molecule has 0 radical (unpaired) electrons. The Kier molecular flexibility index (Phi) is 8.41. The number of ether oxygens (including phenoxy) is 2. The van der Waals surface area contributed by atoms with Crippen LogP contribution in [-0.2, 0) is 32.2 Å². The van der Waals surface area contributed by atoms with Crippen molar-refractivity contribution in [3.05, 3.63) is 34.9 Å². The molecule has 242 valence electrons. The van der Waals surface area contributed by atoms with Gasteiger partial charge in [-0.3, -0.25) is 23.4 Å². The molecule has 24 heteroatoms. The number of aromatic amines is 1. The monoisotopic (exact) mass is 674 g/mol. The lowest BCUT2D eigenvalue weighted by molar-refractivity contribution is -0.0642. The predicted molar refractivity (Wildman–Crippen MR) is 147 cm³/mol. The summed E-state index contributed by atoms with van der Waals surface area (Å²) in [7, 11) is -8.45. The molecule has 0 bridgehead atoms. The van der Waals surface area contributed by atoms with Crippen LogP contribution in [0.2, 0.25) is 0 Å². The SMILES string of the molecule is Nc1nc2c(ncn2[C@@H]2O[C@H](CO)[C@@H](O)[C@H]2OP(=O)(O)OC[C@H]2O[C@@H](n3nnc4c(N)cccc43)[C@H](O)[C@@H]2O[P+](=O)O)c(=O)[nH]1. The van der Waals surface area contributed by atoms with Crippen molar-refractivity contribution in [2.75, 3.05) is 24.7 Å². The van der Waals surface area contributed by atoms with Gasteiger partial charge in [-0.05, 0) is 12.1 Å². The number of hydrogen-bond acceptors (Lipinski definition) is 17. The molecule has 0 amide bonds. The van der Waals surface area contributed by atoms with Gasteiger partial charge in [-0.2, -0.15) is 4.98 Å². The van der Waals surface area contributed by atoms with E-state index in [1.54, 1.807) is 18.2 Å². The molecule has 0 aliphatic carbocycles. The standard InChI is InChI=1S/C21H25N9O13P2/c22-7-2-1-3-8-11(7)27-28-30(8)19-14(33)15(42-44(35)36)10(41-19)5-39-45(37,38)43-16-13(32)9(4-31)40-20(16)29-6-24-12-17(29)25-21(23)26-18(12)34/h1-3,6,9-10,13-16,19-20,31-33H,4-5H2,(H6-,22,23,25,26,28,34,35,36,37,38)/p+1/t9-,10-,13-,14-,15-,16-,19-,20-/m1/s1. The number of aliphatic hydroxyl groups is 3. The largest absolute Gasteiger partial charge is 0.695 e. The van der Waals surface area contributed by atoms with Gasteiger partial charge in [-0.15, -0.1) is 14.5 Å². The maximum absolute atomic E-state index is 13.1. The van der Waals surface area contributed by atoms with E-state index >= 15 is 0 Å². The van der Waals surface area contributed by atoms with E-state index in [-0.39, 0.29) is 28.3 Å². The average molecular weight is 674 g/mol. The number of aromatic nitrogens is 7. The second kappa shape index (κ2) is 12.0. The molecule has 10 N–H and O–H groups in total. The molecule has 2 aliphatic rings. The molecule has 22 nitrogen and oxygen atoms in total. The molecule has 2 fully saturated rings. The summed E-state index contributed by atoms with van der Waals surface area (Å²) >= 11 is 0. The van der Waals surface area contributed by atoms with E-state index in [1.165, 1.54) is 0 Å². The van der Waals surface area contributed by atoms with Crippen LogP contribution in [0.25, 0.3) is 22.2 Å². The van der Waals surface area contributed by atoms with Crippen molar-refractivity contribution < 1.29 is 57.3 Å². The third-order valence-corrected chi connectivity index (χ3v) is 8.58. The average Bonchev–Trinajstić information content (AvgIpc) is 3.73. The summed E-state index contributed by atoms with van der Waals surface area (Å²) < 4.78 is 53.6. The molecule has 0 saturated carbocycles. The number of aliphatic hydroxyl groups excluding tert-OH is 3. The number of phosphoric acid groups is 1. The molecule has 2 aliphatic heterocycles. The van der Waals surface area contributed by atoms with Gasteiger partial charge in [0.25, 0.3) is 5.56 Å². The Hall–Kier alpha value is -3.50. The minimum atomic E-state index is -5.17. The summed E-state index contributed by atoms with van der Waals surface area (Å²) in [5, 5.41) is 39.3. The predicted octanol–water partition coefficient (Wildman–Crippen LogP) is -2.23. The number of nitrogens with two attached hydrogens (primary N) is 2. The van der Waals surface area contributed by atoms with E-state index in [1.807, 2.05) is 0 Å². The number of nitrogens with zero attached hydrogens (tertiary/aromatic N) is 6. The van der Waals surface area contributed by atoms with Crippen molar-refractivity contribution in [2.45, 2.75) is 49.1 Å². The first-order chi connectivity index (χ1) is 21.4. The quantitative estimate of drug-likeness (QED) is 0.0652. The molecule has 4 aromatic rings. The number of nitrogens with one attached hydrogen (secondary N) is 1. The molecule has 45 heavy (non-hydrogen) atoms. The summed E-state index contributed by atoms with van der Waals surface area (Å²) in [4.78, 5) is 42.4. The van der Waals surface area contributed by atoms with Crippen molar-refractivity contribution >= 4 is 49.9 Å². The first-order valence-electron chi connectivity index (χ1n) is 13.0. The summed E-state index contributed by atoms with van der Waals surface area (Å²) in [5.74, 6) is -0.277. The van der Waals surface area contributed by atoms with E-state index in [0.717, 1.165) is 15.6 Å². The molecule has 3 aromatic heterocycles. The maximum atomic E-state index is 13.1. The van der Waals surface area contributed by atoms with Crippen molar-refractivity contribution in [1.82, 2.24) is 34.5 Å². The Morgan fingerprint density at radius 2 is 1.87 bits per heavy atom. The van der Waals surface area contributed by atoms with Crippen LogP contribution >= 0.6 is 16.1 Å². The minimum absolute atomic E-state index is 0.116. The number of hydrogen-bond donors (Lipinski definition) is 8. The summed E-state index contributed by atoms with van der Waals surface area (Å²) in [5.41, 5.74) is 11.5. The zero-order valence-corrected chi connectivity index (χ0v) is 24.4. The van der Waals surface area contributed by atoms with Crippen LogP contribution in [0.15, 0.2) is 29.3 Å². The molecule has 10 atom stereocenters. The third-order valence-electron chi connectivity index (χ3n) is 7.17. The molecule has 2 unspecified atom stereocenters. The summed E-state index contributed by atoms with van der Waals surface area (Å²) in [6.45, 7) is -1.57. The van der Waals surface area contributed by atoms with Crippen LogP contribution in [0.3, 0.4) is 0 Å². The Morgan fingerprint density at radius 3 is 2.60 bits per heavy atom. The highest BCUT2D eigenvalue weighted by molar-refractivity contribution is 7.47. The minimum Gasteiger partial charge on any atom is -0.397 e. The molecule has 2 saturated heterocycles. The lowest BCUT2D eigenvalue weighted by atomic mass is 10.1. The van der Waals surface area contributed by atoms with Gasteiger partial charge in [0, 0.05) is 4.57 Å². The molecular formula is C21H26N9O13P2+. The second-order valence-corrected chi connectivity index (χ2v) is 12.1. The molecule has 1 aromatic carbocycles. The van der Waals surface area contributed by atoms with Gasteiger partial charge in [0.05, 0.1) is 30.7 Å². The zero-order chi connectivity index (χ0) is 32.2. The summed E-state index contributed by atoms with van der Waals surface area (Å²) in [6.07, 6.45) is -11.1. The topological polar surface area (TPSA) is 328 Å². The van der Waals surface area contributed by atoms with Crippen LogP contribution in [0, 0.1) is 0 Å².